The van der Waals surface area contributed by atoms with Crippen LogP contribution in [0.3, 0.4) is 0 Å². The van der Waals surface area contributed by atoms with Crippen molar-refractivity contribution in [1.29, 1.82) is 0 Å². The second kappa shape index (κ2) is 8.03. The van der Waals surface area contributed by atoms with Crippen molar-refractivity contribution in [3.8, 4) is 0 Å². The van der Waals surface area contributed by atoms with E-state index in [1.807, 2.05) is 25.3 Å². The van der Waals surface area contributed by atoms with E-state index in [0.717, 1.165) is 10.4 Å². The molecule has 1 amide bonds. The van der Waals surface area contributed by atoms with Crippen LogP contribution >= 0.6 is 11.3 Å². The van der Waals surface area contributed by atoms with E-state index in [4.69, 9.17) is 5.73 Å². The summed E-state index contributed by atoms with van der Waals surface area (Å²) in [6.07, 6.45) is 0.883. The van der Waals surface area contributed by atoms with Crippen molar-refractivity contribution in [3.63, 3.8) is 0 Å². The molecule has 7 heteroatoms. The molecule has 2 rings (SSSR count). The van der Waals surface area contributed by atoms with Crippen LogP contribution in [0.1, 0.15) is 35.4 Å². The molecule has 0 fully saturated rings. The summed E-state index contributed by atoms with van der Waals surface area (Å²) in [6.45, 7) is 3.81. The van der Waals surface area contributed by atoms with Crippen LogP contribution in [0.2, 0.25) is 0 Å². The van der Waals surface area contributed by atoms with Crippen molar-refractivity contribution in [1.82, 2.24) is 5.32 Å². The highest BCUT2D eigenvalue weighted by Gasteiger charge is 2.24. The van der Waals surface area contributed by atoms with E-state index in [-0.39, 0.29) is 17.6 Å². The van der Waals surface area contributed by atoms with Crippen molar-refractivity contribution in [3.05, 3.63) is 61.8 Å². The zero-order valence-electron chi connectivity index (χ0n) is 13.7. The molecule has 1 aromatic heterocycles. The summed E-state index contributed by atoms with van der Waals surface area (Å²) in [6, 6.07) is 7.65. The standard InChI is InChI=1S/C17H21N3O3S/c1-3-13(18)17(21)19-14(16-11(2)8-9-24-16)10-12-6-4-5-7-15(12)20(22)23/h4-9,13-14H,3,10,18H2,1-2H3,(H,19,21). The number of nitrogens with one attached hydrogen (secondary N) is 1. The summed E-state index contributed by atoms with van der Waals surface area (Å²) < 4.78 is 0. The number of nitrogens with two attached hydrogens (primary N) is 1. The Labute approximate surface area is 144 Å². The summed E-state index contributed by atoms with van der Waals surface area (Å²) in [5.74, 6) is -0.242. The van der Waals surface area contributed by atoms with Gasteiger partial charge in [-0.15, -0.1) is 11.3 Å². The molecule has 0 saturated heterocycles. The number of rotatable bonds is 7. The highest BCUT2D eigenvalue weighted by molar-refractivity contribution is 7.10. The van der Waals surface area contributed by atoms with Crippen molar-refractivity contribution in [2.24, 2.45) is 5.73 Å². The number of para-hydroxylation sites is 1. The highest BCUT2D eigenvalue weighted by atomic mass is 32.1. The number of thiophene rings is 1. The smallest absolute Gasteiger partial charge is 0.272 e. The van der Waals surface area contributed by atoms with Gasteiger partial charge in [0.05, 0.1) is 17.0 Å². The molecule has 1 heterocycles. The largest absolute Gasteiger partial charge is 0.347 e. The third kappa shape index (κ3) is 4.18. The third-order valence-electron chi connectivity index (χ3n) is 3.92. The summed E-state index contributed by atoms with van der Waals surface area (Å²) in [5.41, 5.74) is 7.51. The molecular formula is C17H21N3O3S. The molecule has 2 unspecified atom stereocenters. The topological polar surface area (TPSA) is 98.3 Å². The van der Waals surface area contributed by atoms with Crippen LogP contribution in [0.4, 0.5) is 5.69 Å². The third-order valence-corrected chi connectivity index (χ3v) is 5.06. The molecule has 128 valence electrons. The molecule has 24 heavy (non-hydrogen) atoms. The first-order valence-corrected chi connectivity index (χ1v) is 8.64. The Kier molecular flexibility index (Phi) is 6.05. The number of hydrogen-bond donors (Lipinski definition) is 2. The second-order valence-electron chi connectivity index (χ2n) is 5.63. The fourth-order valence-corrected chi connectivity index (χ4v) is 3.48. The Morgan fingerprint density at radius 2 is 2.08 bits per heavy atom. The normalized spacial score (nSPS) is 13.3. The molecule has 2 atom stereocenters. The molecule has 3 N–H and O–H groups in total. The first-order chi connectivity index (χ1) is 11.4. The zero-order valence-corrected chi connectivity index (χ0v) is 14.5. The number of nitro benzene ring substituents is 1. The average Bonchev–Trinajstić information content (AvgIpc) is 2.99. The predicted molar refractivity (Wildman–Crippen MR) is 95.0 cm³/mol. The number of aryl methyl sites for hydroxylation is 1. The van der Waals surface area contributed by atoms with E-state index in [1.165, 1.54) is 17.4 Å². The molecule has 6 nitrogen and oxygen atoms in total. The van der Waals surface area contributed by atoms with Gasteiger partial charge < -0.3 is 11.1 Å². The number of carbonyl (C=O) groups excluding carboxylic acids is 1. The van der Waals surface area contributed by atoms with Crippen molar-refractivity contribution in [2.45, 2.75) is 38.8 Å². The summed E-state index contributed by atoms with van der Waals surface area (Å²) in [4.78, 5) is 24.1. The van der Waals surface area contributed by atoms with Crippen LogP contribution in [0.15, 0.2) is 35.7 Å². The number of carbonyl (C=O) groups is 1. The van der Waals surface area contributed by atoms with Gasteiger partial charge in [-0.1, -0.05) is 25.1 Å². The molecule has 0 aliphatic heterocycles. The SMILES string of the molecule is CCC(N)C(=O)NC(Cc1ccccc1[N+](=O)[O-])c1sccc1C. The summed E-state index contributed by atoms with van der Waals surface area (Å²) in [7, 11) is 0. The first-order valence-electron chi connectivity index (χ1n) is 7.76. The Hall–Kier alpha value is -2.25. The van der Waals surface area contributed by atoms with Crippen molar-refractivity contribution in [2.75, 3.05) is 0 Å². The predicted octanol–water partition coefficient (Wildman–Crippen LogP) is 3.10. The molecule has 2 aromatic rings. The van der Waals surface area contributed by atoms with Gasteiger partial charge in [0, 0.05) is 22.9 Å². The maximum absolute atomic E-state index is 12.2. The van der Waals surface area contributed by atoms with E-state index >= 15 is 0 Å². The monoisotopic (exact) mass is 347 g/mol. The Bertz CT molecular complexity index is 729. The highest BCUT2D eigenvalue weighted by Crippen LogP contribution is 2.30. The Balaban J connectivity index is 2.32. The first kappa shape index (κ1) is 18.1. The fraction of sp³-hybridized carbons (Fsp3) is 0.353. The van der Waals surface area contributed by atoms with Gasteiger partial charge in [0.25, 0.3) is 5.69 Å². The molecule has 0 bridgehead atoms. The molecule has 0 aliphatic rings. The van der Waals surface area contributed by atoms with Gasteiger partial charge in [0.15, 0.2) is 0 Å². The van der Waals surface area contributed by atoms with Crippen molar-refractivity contribution < 1.29 is 9.72 Å². The van der Waals surface area contributed by atoms with Gasteiger partial charge in [0.2, 0.25) is 5.91 Å². The van der Waals surface area contributed by atoms with E-state index in [0.29, 0.717) is 18.4 Å². The maximum atomic E-state index is 12.2. The van der Waals surface area contributed by atoms with Crippen LogP contribution in [-0.2, 0) is 11.2 Å². The lowest BCUT2D eigenvalue weighted by Crippen LogP contribution is -2.42. The summed E-state index contributed by atoms with van der Waals surface area (Å²) >= 11 is 1.53. The minimum Gasteiger partial charge on any atom is -0.347 e. The minimum absolute atomic E-state index is 0.0609. The lowest BCUT2D eigenvalue weighted by Gasteiger charge is -2.21. The second-order valence-corrected chi connectivity index (χ2v) is 6.58. The Morgan fingerprint density at radius 1 is 1.38 bits per heavy atom. The van der Waals surface area contributed by atoms with Gasteiger partial charge in [-0.2, -0.15) is 0 Å². The number of benzene rings is 1. The maximum Gasteiger partial charge on any atom is 0.272 e. The van der Waals surface area contributed by atoms with Crippen LogP contribution in [-0.4, -0.2) is 16.9 Å². The van der Waals surface area contributed by atoms with Gasteiger partial charge in [0.1, 0.15) is 0 Å². The lowest BCUT2D eigenvalue weighted by molar-refractivity contribution is -0.385. The zero-order chi connectivity index (χ0) is 17.7. The Morgan fingerprint density at radius 3 is 2.67 bits per heavy atom. The lowest BCUT2D eigenvalue weighted by atomic mass is 10.0. The van der Waals surface area contributed by atoms with E-state index in [9.17, 15) is 14.9 Å². The summed E-state index contributed by atoms with van der Waals surface area (Å²) in [5, 5.41) is 16.1. The van der Waals surface area contributed by atoms with Crippen LogP contribution in [0, 0.1) is 17.0 Å². The van der Waals surface area contributed by atoms with E-state index < -0.39 is 11.0 Å². The quantitative estimate of drug-likeness (QED) is 0.594. The van der Waals surface area contributed by atoms with E-state index in [1.54, 1.807) is 18.2 Å². The molecule has 1 aromatic carbocycles. The van der Waals surface area contributed by atoms with E-state index in [2.05, 4.69) is 5.32 Å². The number of hydrogen-bond acceptors (Lipinski definition) is 5. The van der Waals surface area contributed by atoms with Gasteiger partial charge in [-0.25, -0.2) is 0 Å². The van der Waals surface area contributed by atoms with Gasteiger partial charge >= 0.3 is 0 Å². The van der Waals surface area contributed by atoms with Gasteiger partial charge in [-0.3, -0.25) is 14.9 Å². The molecule has 0 spiro atoms. The minimum atomic E-state index is -0.585. The van der Waals surface area contributed by atoms with Crippen LogP contribution in [0.5, 0.6) is 0 Å². The van der Waals surface area contributed by atoms with Crippen molar-refractivity contribution >= 4 is 22.9 Å². The average molecular weight is 347 g/mol. The molecule has 0 radical (unpaired) electrons. The van der Waals surface area contributed by atoms with Crippen LogP contribution < -0.4 is 11.1 Å². The number of amides is 1. The number of nitrogens with zero attached hydrogens (tertiary/aromatic N) is 1. The molecule has 0 aliphatic carbocycles. The van der Waals surface area contributed by atoms with Gasteiger partial charge in [-0.05, 0) is 30.4 Å². The molecular weight excluding hydrogens is 326 g/mol. The molecule has 0 saturated carbocycles. The fourth-order valence-electron chi connectivity index (χ4n) is 2.50. The van der Waals surface area contributed by atoms with Crippen LogP contribution in [0.25, 0.3) is 0 Å². The number of nitro groups is 1.